The Hall–Kier alpha value is -7.13. The number of para-hydroxylation sites is 2. The van der Waals surface area contributed by atoms with E-state index in [1.807, 2.05) is 48.5 Å². The lowest BCUT2D eigenvalue weighted by atomic mass is 9.82. The van der Waals surface area contributed by atoms with Crippen molar-refractivity contribution >= 4 is 54.8 Å². The number of nitriles is 3. The van der Waals surface area contributed by atoms with Crippen molar-refractivity contribution < 1.29 is 0 Å². The Labute approximate surface area is 295 Å². The summed E-state index contributed by atoms with van der Waals surface area (Å²) < 4.78 is 4.55. The Morgan fingerprint density at radius 3 is 1.71 bits per heavy atom. The Morgan fingerprint density at radius 1 is 0.529 bits per heavy atom. The molecular weight excluding hydrogens is 623 g/mol. The molecule has 1 atom stereocenters. The van der Waals surface area contributed by atoms with Gasteiger partial charge in [-0.2, -0.15) is 15.8 Å². The first-order valence-corrected chi connectivity index (χ1v) is 17.0. The molecule has 51 heavy (non-hydrogen) atoms. The second-order valence-corrected chi connectivity index (χ2v) is 13.2. The molecule has 1 aliphatic carbocycles. The Balaban J connectivity index is 1.17. The van der Waals surface area contributed by atoms with Gasteiger partial charge in [-0.3, -0.25) is 0 Å². The third-order valence-electron chi connectivity index (χ3n) is 10.3. The number of nitrogens with zero attached hydrogens (tertiary/aromatic N) is 5. The van der Waals surface area contributed by atoms with E-state index in [0.717, 1.165) is 61.8 Å². The highest BCUT2D eigenvalue weighted by atomic mass is 15.0. The van der Waals surface area contributed by atoms with Crippen molar-refractivity contribution in [1.29, 1.82) is 15.8 Å². The molecule has 2 heterocycles. The third-order valence-corrected chi connectivity index (χ3v) is 10.3. The molecule has 0 bridgehead atoms. The van der Waals surface area contributed by atoms with Crippen LogP contribution in [0, 0.1) is 39.9 Å². The zero-order valence-corrected chi connectivity index (χ0v) is 27.8. The summed E-state index contributed by atoms with van der Waals surface area (Å²) in [5, 5.41) is 33.5. The minimum Gasteiger partial charge on any atom is -0.309 e. The molecule has 0 spiro atoms. The molecule has 1 aliphatic rings. The lowest BCUT2D eigenvalue weighted by molar-refractivity contribution is 0.770. The normalized spacial score (nSPS) is 14.3. The van der Waals surface area contributed by atoms with Crippen molar-refractivity contribution in [3.63, 3.8) is 0 Å². The van der Waals surface area contributed by atoms with Crippen LogP contribution in [0.5, 0.6) is 0 Å². The van der Waals surface area contributed by atoms with Crippen LogP contribution >= 0.6 is 0 Å². The number of rotatable bonds is 4. The minimum atomic E-state index is 0.214. The van der Waals surface area contributed by atoms with Crippen molar-refractivity contribution in [3.8, 4) is 29.6 Å². The summed E-state index contributed by atoms with van der Waals surface area (Å²) in [6.07, 6.45) is 5.28. The number of aromatic nitrogens is 2. The van der Waals surface area contributed by atoms with E-state index in [4.69, 9.17) is 0 Å². The summed E-state index contributed by atoms with van der Waals surface area (Å²) in [6.45, 7) is 2.27. The average Bonchev–Trinajstić information content (AvgIpc) is 3.69. The van der Waals surface area contributed by atoms with E-state index in [1.54, 1.807) is 0 Å². The minimum absolute atomic E-state index is 0.214. The first kappa shape index (κ1) is 30.0. The van der Waals surface area contributed by atoms with Crippen LogP contribution in [0.2, 0.25) is 0 Å². The highest BCUT2D eigenvalue weighted by molar-refractivity contribution is 6.11. The lowest BCUT2D eigenvalue weighted by Crippen LogP contribution is -2.08. The van der Waals surface area contributed by atoms with Crippen LogP contribution < -0.4 is 0 Å². The fourth-order valence-corrected chi connectivity index (χ4v) is 7.95. The van der Waals surface area contributed by atoms with Crippen LogP contribution in [0.1, 0.15) is 41.2 Å². The van der Waals surface area contributed by atoms with Crippen LogP contribution in [0.25, 0.3) is 66.1 Å². The molecule has 9 rings (SSSR count). The fourth-order valence-electron chi connectivity index (χ4n) is 7.95. The van der Waals surface area contributed by atoms with Crippen LogP contribution in [0.3, 0.4) is 0 Å². The van der Waals surface area contributed by atoms with E-state index in [2.05, 4.69) is 125 Å². The van der Waals surface area contributed by atoms with Crippen LogP contribution in [-0.2, 0) is 0 Å². The SMILES string of the molecule is CC1CC(c2cc(C#N)ccc2-n2c3ccccc3c3ccccc32)=CC=C1c1cccc(-n2c3ccc(C#N)cc3c3cc(C#N)ccc32)c1. The summed E-state index contributed by atoms with van der Waals surface area (Å²) in [5.74, 6) is 0.214. The van der Waals surface area contributed by atoms with Crippen LogP contribution in [-0.4, -0.2) is 9.13 Å². The summed E-state index contributed by atoms with van der Waals surface area (Å²) in [6, 6.07) is 50.1. The second-order valence-electron chi connectivity index (χ2n) is 13.2. The zero-order chi connectivity index (χ0) is 34.6. The van der Waals surface area contributed by atoms with Gasteiger partial charge in [0.05, 0.1) is 62.7 Å². The van der Waals surface area contributed by atoms with E-state index in [1.165, 1.54) is 21.9 Å². The largest absolute Gasteiger partial charge is 0.309 e. The van der Waals surface area contributed by atoms with Crippen molar-refractivity contribution in [2.75, 3.05) is 0 Å². The molecule has 0 N–H and O–H groups in total. The molecule has 6 aromatic carbocycles. The van der Waals surface area contributed by atoms with Gasteiger partial charge in [0.2, 0.25) is 0 Å². The number of benzene rings is 6. The molecule has 2 aromatic heterocycles. The molecule has 0 saturated heterocycles. The molecule has 8 aromatic rings. The van der Waals surface area contributed by atoms with Crippen molar-refractivity contribution in [2.45, 2.75) is 13.3 Å². The van der Waals surface area contributed by atoms with Crippen LogP contribution in [0.4, 0.5) is 0 Å². The highest BCUT2D eigenvalue weighted by Gasteiger charge is 2.23. The number of hydrogen-bond donors (Lipinski definition) is 0. The highest BCUT2D eigenvalue weighted by Crippen LogP contribution is 2.41. The second kappa shape index (κ2) is 11.8. The van der Waals surface area contributed by atoms with Gasteiger partial charge < -0.3 is 9.13 Å². The quantitative estimate of drug-likeness (QED) is 0.190. The molecule has 0 saturated carbocycles. The summed E-state index contributed by atoms with van der Waals surface area (Å²) >= 11 is 0. The van der Waals surface area contributed by atoms with Gasteiger partial charge in [-0.05, 0) is 108 Å². The molecule has 0 amide bonds. The maximum atomic E-state index is 9.94. The van der Waals surface area contributed by atoms with Crippen LogP contribution in [0.15, 0.2) is 140 Å². The molecular formula is C46H29N5. The van der Waals surface area contributed by atoms with Gasteiger partial charge in [0, 0.05) is 32.8 Å². The Kier molecular flexibility index (Phi) is 6.92. The summed E-state index contributed by atoms with van der Waals surface area (Å²) in [4.78, 5) is 0. The molecule has 5 nitrogen and oxygen atoms in total. The third kappa shape index (κ3) is 4.74. The van der Waals surface area contributed by atoms with Gasteiger partial charge >= 0.3 is 0 Å². The van der Waals surface area contributed by atoms with E-state index < -0.39 is 0 Å². The predicted octanol–water partition coefficient (Wildman–Crippen LogP) is 11.0. The maximum absolute atomic E-state index is 9.94. The van der Waals surface area contributed by atoms with Crippen molar-refractivity contribution in [3.05, 3.63) is 167 Å². The Bertz CT molecular complexity index is 2820. The molecule has 0 radical (unpaired) electrons. The van der Waals surface area contributed by atoms with E-state index in [9.17, 15) is 15.8 Å². The first-order chi connectivity index (χ1) is 25.1. The predicted molar refractivity (Wildman–Crippen MR) is 205 cm³/mol. The Morgan fingerprint density at radius 2 is 1.10 bits per heavy atom. The summed E-state index contributed by atoms with van der Waals surface area (Å²) in [5.41, 5.74) is 12.8. The standard InChI is InChI=1S/C46H29N5/c1-29-21-34(39-22-30(26-47)13-18-44(39)51-42-11-4-2-9-37(42)38-10-3-5-12-43(38)51)16-17-36(29)33-7-6-8-35(25-33)50-45-19-14-31(27-48)23-40(45)41-24-32(28-49)15-20-46(41)50/h2-20,22-25,29H,21H2,1H3. The molecule has 0 fully saturated rings. The fraction of sp³-hybridized carbons (Fsp3) is 0.0652. The van der Waals surface area contributed by atoms with E-state index in [0.29, 0.717) is 16.7 Å². The number of allylic oxidation sites excluding steroid dienone is 4. The average molecular weight is 652 g/mol. The van der Waals surface area contributed by atoms with E-state index >= 15 is 0 Å². The van der Waals surface area contributed by atoms with Gasteiger partial charge in [0.1, 0.15) is 0 Å². The van der Waals surface area contributed by atoms with Gasteiger partial charge in [0.15, 0.2) is 0 Å². The number of fused-ring (bicyclic) bond motifs is 6. The summed E-state index contributed by atoms with van der Waals surface area (Å²) in [7, 11) is 0. The molecule has 238 valence electrons. The van der Waals surface area contributed by atoms with E-state index in [-0.39, 0.29) is 5.92 Å². The van der Waals surface area contributed by atoms with Gasteiger partial charge in [-0.1, -0.05) is 67.6 Å². The first-order valence-electron chi connectivity index (χ1n) is 17.0. The molecule has 5 heteroatoms. The maximum Gasteiger partial charge on any atom is 0.0991 e. The van der Waals surface area contributed by atoms with Gasteiger partial charge in [-0.15, -0.1) is 0 Å². The monoisotopic (exact) mass is 651 g/mol. The molecule has 1 unspecified atom stereocenters. The van der Waals surface area contributed by atoms with Gasteiger partial charge in [-0.25, -0.2) is 0 Å². The lowest BCUT2D eigenvalue weighted by Gasteiger charge is -2.25. The number of hydrogen-bond acceptors (Lipinski definition) is 3. The zero-order valence-electron chi connectivity index (χ0n) is 27.8. The smallest absolute Gasteiger partial charge is 0.0991 e. The topological polar surface area (TPSA) is 81.2 Å². The van der Waals surface area contributed by atoms with Crippen molar-refractivity contribution in [1.82, 2.24) is 9.13 Å². The molecule has 0 aliphatic heterocycles. The van der Waals surface area contributed by atoms with Crippen molar-refractivity contribution in [2.24, 2.45) is 5.92 Å². The van der Waals surface area contributed by atoms with Gasteiger partial charge in [0.25, 0.3) is 0 Å².